The van der Waals surface area contributed by atoms with Crippen molar-refractivity contribution in [1.82, 2.24) is 9.80 Å². The Labute approximate surface area is 165 Å². The van der Waals surface area contributed by atoms with Crippen LogP contribution in [-0.2, 0) is 11.3 Å². The maximum Gasteiger partial charge on any atom is 0.271 e. The van der Waals surface area contributed by atoms with Crippen LogP contribution in [0.1, 0.15) is 17.5 Å². The summed E-state index contributed by atoms with van der Waals surface area (Å²) >= 11 is 0. The molecule has 1 heterocycles. The van der Waals surface area contributed by atoms with Gasteiger partial charge in [0.15, 0.2) is 0 Å². The lowest BCUT2D eigenvalue weighted by Gasteiger charge is -2.34. The van der Waals surface area contributed by atoms with Crippen molar-refractivity contribution < 1.29 is 9.72 Å². The second-order valence-electron chi connectivity index (χ2n) is 7.21. The number of benzene rings is 2. The molecular weight excluding hydrogens is 356 g/mol. The van der Waals surface area contributed by atoms with Gasteiger partial charge in [0.2, 0.25) is 5.91 Å². The molecule has 0 aliphatic carbocycles. The summed E-state index contributed by atoms with van der Waals surface area (Å²) in [5.41, 5.74) is 3.06. The van der Waals surface area contributed by atoms with Gasteiger partial charge in [-0.05, 0) is 18.6 Å². The number of nitro groups is 1. The molecule has 1 saturated heterocycles. The van der Waals surface area contributed by atoms with Crippen molar-refractivity contribution in [2.24, 2.45) is 0 Å². The van der Waals surface area contributed by atoms with Crippen LogP contribution in [0.2, 0.25) is 0 Å². The molecule has 1 N–H and O–H groups in total. The Morgan fingerprint density at radius 2 is 1.79 bits per heavy atom. The monoisotopic (exact) mass is 382 g/mol. The first-order valence-corrected chi connectivity index (χ1v) is 9.54. The predicted octanol–water partition coefficient (Wildman–Crippen LogP) is 3.05. The summed E-state index contributed by atoms with van der Waals surface area (Å²) in [7, 11) is 0. The number of nitrogens with zero attached hydrogens (tertiary/aromatic N) is 3. The minimum absolute atomic E-state index is 0.0254. The van der Waals surface area contributed by atoms with Gasteiger partial charge in [0.05, 0.1) is 4.92 Å². The minimum atomic E-state index is -0.466. The van der Waals surface area contributed by atoms with Gasteiger partial charge >= 0.3 is 0 Å². The minimum Gasteiger partial charge on any atom is -0.326 e. The highest BCUT2D eigenvalue weighted by atomic mass is 16.6. The van der Waals surface area contributed by atoms with Crippen LogP contribution in [0.15, 0.2) is 48.5 Å². The molecule has 7 nitrogen and oxygen atoms in total. The zero-order valence-corrected chi connectivity index (χ0v) is 16.1. The van der Waals surface area contributed by atoms with E-state index in [1.54, 1.807) is 12.1 Å². The van der Waals surface area contributed by atoms with Crippen molar-refractivity contribution in [2.75, 3.05) is 38.0 Å². The number of carbonyl (C=O) groups excluding carboxylic acids is 1. The van der Waals surface area contributed by atoms with Crippen LogP contribution < -0.4 is 5.32 Å². The number of rotatable bonds is 7. The number of amides is 1. The zero-order chi connectivity index (χ0) is 19.9. The maximum atomic E-state index is 12.2. The van der Waals surface area contributed by atoms with Crippen LogP contribution in [0.25, 0.3) is 0 Å². The quantitative estimate of drug-likeness (QED) is 0.588. The average molecular weight is 382 g/mol. The number of hydrogen-bond acceptors (Lipinski definition) is 5. The van der Waals surface area contributed by atoms with Crippen LogP contribution in [0.3, 0.4) is 0 Å². The van der Waals surface area contributed by atoms with E-state index in [0.29, 0.717) is 18.7 Å². The van der Waals surface area contributed by atoms with Gasteiger partial charge in [-0.1, -0.05) is 35.9 Å². The number of non-ortho nitro benzene ring substituents is 1. The molecule has 0 aromatic heterocycles. The van der Waals surface area contributed by atoms with Crippen molar-refractivity contribution in [2.45, 2.75) is 19.9 Å². The highest BCUT2D eigenvalue weighted by Gasteiger charge is 2.18. The molecule has 0 radical (unpaired) electrons. The molecule has 1 amide bonds. The SMILES string of the molecule is Cc1cccc(CN2CCN(CCC(=O)Nc3cccc([N+](=O)[O-])c3)CC2)c1. The number of anilines is 1. The van der Waals surface area contributed by atoms with Crippen LogP contribution in [0.5, 0.6) is 0 Å². The highest BCUT2D eigenvalue weighted by molar-refractivity contribution is 5.91. The Balaban J connectivity index is 1.39. The van der Waals surface area contributed by atoms with E-state index in [2.05, 4.69) is 46.3 Å². The molecule has 2 aromatic rings. The molecule has 0 spiro atoms. The van der Waals surface area contributed by atoms with E-state index in [1.165, 1.54) is 23.3 Å². The Bertz CT molecular complexity index is 832. The molecule has 148 valence electrons. The summed E-state index contributed by atoms with van der Waals surface area (Å²) in [4.78, 5) is 27.2. The van der Waals surface area contributed by atoms with E-state index in [9.17, 15) is 14.9 Å². The third-order valence-corrected chi connectivity index (χ3v) is 4.95. The number of nitro benzene ring substituents is 1. The topological polar surface area (TPSA) is 78.7 Å². The van der Waals surface area contributed by atoms with Crippen LogP contribution in [0.4, 0.5) is 11.4 Å². The number of carbonyl (C=O) groups is 1. The van der Waals surface area contributed by atoms with Crippen molar-refractivity contribution in [1.29, 1.82) is 0 Å². The largest absolute Gasteiger partial charge is 0.326 e. The van der Waals surface area contributed by atoms with E-state index in [4.69, 9.17) is 0 Å². The average Bonchev–Trinajstić information content (AvgIpc) is 2.68. The molecule has 0 bridgehead atoms. The Hall–Kier alpha value is -2.77. The molecule has 2 aromatic carbocycles. The van der Waals surface area contributed by atoms with Gasteiger partial charge in [-0.15, -0.1) is 0 Å². The number of aryl methyl sites for hydroxylation is 1. The van der Waals surface area contributed by atoms with Gasteiger partial charge in [0, 0.05) is 63.5 Å². The van der Waals surface area contributed by atoms with Crippen LogP contribution in [-0.4, -0.2) is 53.4 Å². The molecule has 1 fully saturated rings. The van der Waals surface area contributed by atoms with Gasteiger partial charge in [0.25, 0.3) is 5.69 Å². The fourth-order valence-electron chi connectivity index (χ4n) is 3.42. The van der Waals surface area contributed by atoms with Gasteiger partial charge in [0.1, 0.15) is 0 Å². The van der Waals surface area contributed by atoms with Gasteiger partial charge in [-0.2, -0.15) is 0 Å². The first kappa shape index (κ1) is 20.0. The fourth-order valence-corrected chi connectivity index (χ4v) is 3.42. The van der Waals surface area contributed by atoms with E-state index >= 15 is 0 Å². The smallest absolute Gasteiger partial charge is 0.271 e. The molecule has 1 aliphatic heterocycles. The van der Waals surface area contributed by atoms with Gasteiger partial charge < -0.3 is 10.2 Å². The Kier molecular flexibility index (Phi) is 6.73. The summed E-state index contributed by atoms with van der Waals surface area (Å²) in [5, 5.41) is 13.6. The highest BCUT2D eigenvalue weighted by Crippen LogP contribution is 2.17. The van der Waals surface area contributed by atoms with Crippen molar-refractivity contribution >= 4 is 17.3 Å². The lowest BCUT2D eigenvalue weighted by atomic mass is 10.1. The van der Waals surface area contributed by atoms with Gasteiger partial charge in [-0.25, -0.2) is 0 Å². The van der Waals surface area contributed by atoms with Crippen molar-refractivity contribution in [3.05, 3.63) is 69.8 Å². The standard InChI is InChI=1S/C21H26N4O3/c1-17-4-2-5-18(14-17)16-24-12-10-23(11-13-24)9-8-21(26)22-19-6-3-7-20(15-19)25(27)28/h2-7,14-15H,8-13,16H2,1H3,(H,22,26). The first-order chi connectivity index (χ1) is 13.5. The summed E-state index contributed by atoms with van der Waals surface area (Å²) in [6.07, 6.45) is 0.376. The Morgan fingerprint density at radius 3 is 2.50 bits per heavy atom. The zero-order valence-electron chi connectivity index (χ0n) is 16.1. The second kappa shape index (κ2) is 9.43. The first-order valence-electron chi connectivity index (χ1n) is 9.54. The van der Waals surface area contributed by atoms with E-state index in [1.807, 2.05) is 0 Å². The fraction of sp³-hybridized carbons (Fsp3) is 0.381. The summed E-state index contributed by atoms with van der Waals surface area (Å²) in [5.74, 6) is -0.123. The van der Waals surface area contributed by atoms with Gasteiger partial charge in [-0.3, -0.25) is 19.8 Å². The molecule has 1 aliphatic rings. The molecule has 28 heavy (non-hydrogen) atoms. The number of piperazine rings is 1. The van der Waals surface area contributed by atoms with E-state index in [-0.39, 0.29) is 11.6 Å². The number of nitrogens with one attached hydrogen (secondary N) is 1. The molecular formula is C21H26N4O3. The lowest BCUT2D eigenvalue weighted by Crippen LogP contribution is -2.46. The van der Waals surface area contributed by atoms with Crippen molar-refractivity contribution in [3.63, 3.8) is 0 Å². The van der Waals surface area contributed by atoms with E-state index in [0.717, 1.165) is 32.7 Å². The molecule has 0 atom stereocenters. The Morgan fingerprint density at radius 1 is 1.07 bits per heavy atom. The molecule has 0 unspecified atom stereocenters. The maximum absolute atomic E-state index is 12.2. The lowest BCUT2D eigenvalue weighted by molar-refractivity contribution is -0.384. The third-order valence-electron chi connectivity index (χ3n) is 4.95. The second-order valence-corrected chi connectivity index (χ2v) is 7.21. The summed E-state index contributed by atoms with van der Waals surface area (Å²) < 4.78 is 0. The van der Waals surface area contributed by atoms with E-state index < -0.39 is 4.92 Å². The molecule has 0 saturated carbocycles. The third kappa shape index (κ3) is 5.87. The number of hydrogen-bond donors (Lipinski definition) is 1. The predicted molar refractivity (Wildman–Crippen MR) is 109 cm³/mol. The summed E-state index contributed by atoms with van der Waals surface area (Å²) in [6.45, 7) is 7.62. The summed E-state index contributed by atoms with van der Waals surface area (Å²) in [6, 6.07) is 14.6. The normalized spacial score (nSPS) is 15.3. The molecule has 7 heteroatoms. The van der Waals surface area contributed by atoms with Crippen LogP contribution >= 0.6 is 0 Å². The molecule has 3 rings (SSSR count). The van der Waals surface area contributed by atoms with Crippen molar-refractivity contribution in [3.8, 4) is 0 Å². The van der Waals surface area contributed by atoms with Crippen LogP contribution in [0, 0.1) is 17.0 Å².